The maximum absolute atomic E-state index is 12.7. The molecule has 3 N–H and O–H groups in total. The predicted octanol–water partition coefficient (Wildman–Crippen LogP) is 2.89. The zero-order valence-corrected chi connectivity index (χ0v) is 15.7. The molecule has 6 nitrogen and oxygen atoms in total. The number of nitrogens with one attached hydrogen (secondary N) is 3. The Bertz CT molecular complexity index is 795. The highest BCUT2D eigenvalue weighted by atomic mass is 32.1. The molecule has 0 unspecified atom stereocenters. The Kier molecular flexibility index (Phi) is 5.50. The van der Waals surface area contributed by atoms with E-state index in [2.05, 4.69) is 20.9 Å². The summed E-state index contributed by atoms with van der Waals surface area (Å²) in [4.78, 5) is 30.0. The summed E-state index contributed by atoms with van der Waals surface area (Å²) in [5.74, 6) is -0.151. The number of hydrogen-bond donors (Lipinski definition) is 3. The third-order valence-electron chi connectivity index (χ3n) is 4.10. The summed E-state index contributed by atoms with van der Waals surface area (Å²) in [5, 5.41) is 12.4. The summed E-state index contributed by atoms with van der Waals surface area (Å²) in [6, 6.07) is 1.23. The third-order valence-corrected chi connectivity index (χ3v) is 5.80. The van der Waals surface area contributed by atoms with Crippen LogP contribution >= 0.6 is 22.7 Å². The van der Waals surface area contributed by atoms with Crippen molar-refractivity contribution in [3.8, 4) is 0 Å². The van der Waals surface area contributed by atoms with Crippen LogP contribution in [0.3, 0.4) is 0 Å². The summed E-state index contributed by atoms with van der Waals surface area (Å²) in [6.07, 6.45) is 1.75. The Hall–Kier alpha value is -2.19. The minimum atomic E-state index is -0.413. The van der Waals surface area contributed by atoms with Gasteiger partial charge in [-0.1, -0.05) is 0 Å². The number of carbonyl (C=O) groups is 2. The van der Waals surface area contributed by atoms with Gasteiger partial charge in [0.2, 0.25) is 0 Å². The van der Waals surface area contributed by atoms with Gasteiger partial charge in [-0.2, -0.15) is 11.3 Å². The maximum atomic E-state index is 12.7. The van der Waals surface area contributed by atoms with Gasteiger partial charge in [0.15, 0.2) is 0 Å². The van der Waals surface area contributed by atoms with E-state index in [1.54, 1.807) is 18.3 Å². The van der Waals surface area contributed by atoms with Crippen LogP contribution in [0.15, 0.2) is 33.6 Å². The molecule has 0 fully saturated rings. The van der Waals surface area contributed by atoms with E-state index < -0.39 is 6.04 Å². The van der Waals surface area contributed by atoms with Crippen LogP contribution < -0.4 is 16.0 Å². The highest BCUT2D eigenvalue weighted by molar-refractivity contribution is 7.09. The normalized spacial score (nSPS) is 17.2. The van der Waals surface area contributed by atoms with Gasteiger partial charge >= 0.3 is 6.03 Å². The first-order chi connectivity index (χ1) is 12.1. The van der Waals surface area contributed by atoms with Crippen LogP contribution in [0.25, 0.3) is 0 Å². The molecule has 3 heterocycles. The number of amides is 3. The lowest BCUT2D eigenvalue weighted by Crippen LogP contribution is -2.47. The van der Waals surface area contributed by atoms with Gasteiger partial charge in [-0.05, 0) is 49.1 Å². The third kappa shape index (κ3) is 4.08. The molecule has 3 amide bonds. The van der Waals surface area contributed by atoms with Gasteiger partial charge in [0.25, 0.3) is 5.91 Å². The average molecular weight is 377 g/mol. The Morgan fingerprint density at radius 3 is 2.92 bits per heavy atom. The number of thiazole rings is 1. The first kappa shape index (κ1) is 17.6. The number of nitrogens with zero attached hydrogens (tertiary/aromatic N) is 1. The van der Waals surface area contributed by atoms with Crippen LogP contribution in [-0.2, 0) is 11.2 Å². The summed E-state index contributed by atoms with van der Waals surface area (Å²) in [7, 11) is 0. The van der Waals surface area contributed by atoms with Crippen LogP contribution in [0.1, 0.15) is 35.5 Å². The first-order valence-corrected chi connectivity index (χ1v) is 9.86. The molecule has 0 saturated heterocycles. The van der Waals surface area contributed by atoms with Crippen LogP contribution in [0.5, 0.6) is 0 Å². The van der Waals surface area contributed by atoms with Crippen molar-refractivity contribution in [1.82, 2.24) is 20.9 Å². The molecule has 0 radical (unpaired) electrons. The SMILES string of the molecule is CC1=C(C(=O)NCCCc2scnc2C)[C@@H](c2ccsc2)NC(=O)N1. The number of carbonyl (C=O) groups excluding carboxylic acids is 2. The minimum absolute atomic E-state index is 0.151. The molecule has 2 aromatic heterocycles. The number of urea groups is 1. The van der Waals surface area contributed by atoms with Crippen molar-refractivity contribution >= 4 is 34.6 Å². The van der Waals surface area contributed by atoms with E-state index >= 15 is 0 Å². The molecule has 25 heavy (non-hydrogen) atoms. The van der Waals surface area contributed by atoms with Crippen molar-refractivity contribution in [2.24, 2.45) is 0 Å². The van der Waals surface area contributed by atoms with Crippen molar-refractivity contribution in [2.75, 3.05) is 6.54 Å². The topological polar surface area (TPSA) is 83.1 Å². The van der Waals surface area contributed by atoms with Gasteiger partial charge in [0, 0.05) is 17.1 Å². The van der Waals surface area contributed by atoms with E-state index in [9.17, 15) is 9.59 Å². The smallest absolute Gasteiger partial charge is 0.319 e. The fraction of sp³-hybridized carbons (Fsp3) is 0.353. The van der Waals surface area contributed by atoms with Gasteiger partial charge in [0.05, 0.1) is 22.8 Å². The molecule has 2 aromatic rings. The number of hydrogen-bond acceptors (Lipinski definition) is 5. The zero-order chi connectivity index (χ0) is 17.8. The quantitative estimate of drug-likeness (QED) is 0.678. The molecule has 0 aromatic carbocycles. The van der Waals surface area contributed by atoms with E-state index in [1.807, 2.05) is 29.3 Å². The summed E-state index contributed by atoms with van der Waals surface area (Å²) in [6.45, 7) is 4.34. The highest BCUT2D eigenvalue weighted by Gasteiger charge is 2.31. The minimum Gasteiger partial charge on any atom is -0.352 e. The molecular weight excluding hydrogens is 356 g/mol. The van der Waals surface area contributed by atoms with Crippen molar-refractivity contribution in [2.45, 2.75) is 32.7 Å². The lowest BCUT2D eigenvalue weighted by Gasteiger charge is -2.28. The largest absolute Gasteiger partial charge is 0.352 e. The molecule has 1 atom stereocenters. The summed E-state index contributed by atoms with van der Waals surface area (Å²) in [5.41, 5.74) is 4.98. The second-order valence-corrected chi connectivity index (χ2v) is 7.57. The Balaban J connectivity index is 1.63. The summed E-state index contributed by atoms with van der Waals surface area (Å²) >= 11 is 3.19. The Morgan fingerprint density at radius 2 is 2.24 bits per heavy atom. The van der Waals surface area contributed by atoms with Gasteiger partial charge in [-0.3, -0.25) is 4.79 Å². The molecule has 132 valence electrons. The van der Waals surface area contributed by atoms with E-state index in [0.717, 1.165) is 24.1 Å². The van der Waals surface area contributed by atoms with Gasteiger partial charge in [0.1, 0.15) is 0 Å². The lowest BCUT2D eigenvalue weighted by atomic mass is 9.97. The number of thiophene rings is 1. The van der Waals surface area contributed by atoms with E-state index in [-0.39, 0.29) is 11.9 Å². The molecule has 8 heteroatoms. The Labute approximate surface area is 154 Å². The highest BCUT2D eigenvalue weighted by Crippen LogP contribution is 2.28. The Morgan fingerprint density at radius 1 is 1.40 bits per heavy atom. The second-order valence-electron chi connectivity index (χ2n) is 5.85. The number of aromatic nitrogens is 1. The molecule has 0 saturated carbocycles. The summed E-state index contributed by atoms with van der Waals surface area (Å²) < 4.78 is 0. The molecule has 0 aliphatic carbocycles. The second kappa shape index (κ2) is 7.79. The van der Waals surface area contributed by atoms with E-state index in [1.165, 1.54) is 16.2 Å². The maximum Gasteiger partial charge on any atom is 0.319 e. The molecule has 0 bridgehead atoms. The predicted molar refractivity (Wildman–Crippen MR) is 99.6 cm³/mol. The first-order valence-electron chi connectivity index (χ1n) is 8.04. The molecule has 1 aliphatic heterocycles. The van der Waals surface area contributed by atoms with Gasteiger partial charge < -0.3 is 16.0 Å². The van der Waals surface area contributed by atoms with Crippen molar-refractivity contribution in [3.63, 3.8) is 0 Å². The molecular formula is C17H20N4O2S2. The molecule has 1 aliphatic rings. The van der Waals surface area contributed by atoms with Crippen molar-refractivity contribution < 1.29 is 9.59 Å². The van der Waals surface area contributed by atoms with Crippen LogP contribution in [0, 0.1) is 6.92 Å². The van der Waals surface area contributed by atoms with E-state index in [4.69, 9.17) is 0 Å². The molecule has 3 rings (SSSR count). The van der Waals surface area contributed by atoms with Crippen LogP contribution in [0.2, 0.25) is 0 Å². The van der Waals surface area contributed by atoms with Gasteiger partial charge in [-0.15, -0.1) is 11.3 Å². The molecule has 0 spiro atoms. The van der Waals surface area contributed by atoms with Gasteiger partial charge in [-0.25, -0.2) is 9.78 Å². The van der Waals surface area contributed by atoms with Crippen LogP contribution in [-0.4, -0.2) is 23.5 Å². The zero-order valence-electron chi connectivity index (χ0n) is 14.1. The number of aryl methyl sites for hydroxylation is 2. The van der Waals surface area contributed by atoms with Crippen molar-refractivity contribution in [1.29, 1.82) is 0 Å². The van der Waals surface area contributed by atoms with Crippen LogP contribution in [0.4, 0.5) is 4.79 Å². The number of rotatable bonds is 6. The lowest BCUT2D eigenvalue weighted by molar-refractivity contribution is -0.117. The fourth-order valence-corrected chi connectivity index (χ4v) is 4.31. The fourth-order valence-electron chi connectivity index (χ4n) is 2.80. The standard InChI is InChI=1S/C17H20N4O2S2/c1-10-13(25-9-19-10)4-3-6-18-16(22)14-11(2)20-17(23)21-15(14)12-5-7-24-8-12/h5,7-9,15H,3-4,6H2,1-2H3,(H,18,22)(H2,20,21,23)/t15-/m1/s1. The monoisotopic (exact) mass is 376 g/mol. The average Bonchev–Trinajstić information content (AvgIpc) is 3.22. The van der Waals surface area contributed by atoms with Crippen molar-refractivity contribution in [3.05, 3.63) is 49.7 Å². The number of allylic oxidation sites excluding steroid dienone is 1. The van der Waals surface area contributed by atoms with E-state index in [0.29, 0.717) is 17.8 Å².